The minimum atomic E-state index is 0.489. The molecule has 0 saturated carbocycles. The highest BCUT2D eigenvalue weighted by Crippen LogP contribution is 2.47. The van der Waals surface area contributed by atoms with Gasteiger partial charge in [0.1, 0.15) is 22.4 Å². The maximum absolute atomic E-state index is 7.14. The lowest BCUT2D eigenvalue weighted by molar-refractivity contribution is 0.651. The minimum absolute atomic E-state index is 0.489. The lowest BCUT2D eigenvalue weighted by atomic mass is 9.98. The van der Waals surface area contributed by atoms with Gasteiger partial charge in [-0.25, -0.2) is 4.98 Å². The molecule has 5 heteroatoms. The Labute approximate surface area is 302 Å². The molecule has 8 aromatic carbocycles. The van der Waals surface area contributed by atoms with Crippen molar-refractivity contribution in [2.45, 2.75) is 0 Å². The molecule has 4 aromatic heterocycles. The first-order valence-corrected chi connectivity index (χ1v) is 17.8. The summed E-state index contributed by atoms with van der Waals surface area (Å²) in [6.07, 6.45) is 0. The summed E-state index contributed by atoms with van der Waals surface area (Å²) in [6, 6.07) is 57.2. The van der Waals surface area contributed by atoms with Crippen LogP contribution in [-0.4, -0.2) is 14.5 Å². The maximum Gasteiger partial charge on any atom is 0.248 e. The second-order valence-corrected chi connectivity index (χ2v) is 13.7. The number of hydrogen-bond acceptors (Lipinski definition) is 4. The van der Waals surface area contributed by atoms with Crippen molar-refractivity contribution in [1.29, 1.82) is 0 Å². The van der Waals surface area contributed by atoms with E-state index >= 15 is 0 Å². The van der Waals surface area contributed by atoms with E-state index in [-0.39, 0.29) is 0 Å². The first-order chi connectivity index (χ1) is 26.3. The molecule has 0 atom stereocenters. The van der Waals surface area contributed by atoms with Gasteiger partial charge in [0.05, 0.1) is 11.0 Å². The van der Waals surface area contributed by atoms with Crippen molar-refractivity contribution in [3.05, 3.63) is 164 Å². The number of hydrogen-bond donors (Lipinski definition) is 0. The number of furan rings is 2. The van der Waals surface area contributed by atoms with Gasteiger partial charge < -0.3 is 8.83 Å². The van der Waals surface area contributed by atoms with Crippen molar-refractivity contribution in [3.8, 4) is 28.2 Å². The highest BCUT2D eigenvalue weighted by Gasteiger charge is 2.27. The van der Waals surface area contributed by atoms with Crippen LogP contribution in [0.2, 0.25) is 0 Å². The Morgan fingerprint density at radius 1 is 0.434 bits per heavy atom. The molecule has 0 unspecified atom stereocenters. The fourth-order valence-electron chi connectivity index (χ4n) is 8.47. The number of fused-ring (bicyclic) bond motifs is 15. The van der Waals surface area contributed by atoms with E-state index in [9.17, 15) is 0 Å². The van der Waals surface area contributed by atoms with Crippen molar-refractivity contribution >= 4 is 87.5 Å². The first-order valence-electron chi connectivity index (χ1n) is 17.8. The van der Waals surface area contributed by atoms with Crippen molar-refractivity contribution in [2.75, 3.05) is 0 Å². The van der Waals surface area contributed by atoms with Crippen LogP contribution in [0, 0.1) is 0 Å². The van der Waals surface area contributed by atoms with Gasteiger partial charge in [0, 0.05) is 37.9 Å². The van der Waals surface area contributed by atoms with E-state index in [1.807, 2.05) is 24.3 Å². The second-order valence-electron chi connectivity index (χ2n) is 13.7. The van der Waals surface area contributed by atoms with Crippen molar-refractivity contribution in [3.63, 3.8) is 0 Å². The van der Waals surface area contributed by atoms with Crippen LogP contribution in [0.1, 0.15) is 0 Å². The molecule has 53 heavy (non-hydrogen) atoms. The Hall–Kier alpha value is -7.24. The van der Waals surface area contributed by atoms with Gasteiger partial charge in [-0.1, -0.05) is 133 Å². The molecule has 12 rings (SSSR count). The van der Waals surface area contributed by atoms with Crippen LogP contribution in [-0.2, 0) is 0 Å². The van der Waals surface area contributed by atoms with E-state index in [0.29, 0.717) is 11.5 Å². The molecule has 246 valence electrons. The van der Waals surface area contributed by atoms with Gasteiger partial charge in [0.2, 0.25) is 5.71 Å². The predicted octanol–water partition coefficient (Wildman–Crippen LogP) is 13.0. The van der Waals surface area contributed by atoms with Crippen molar-refractivity contribution in [1.82, 2.24) is 14.5 Å². The number of nitrogens with zero attached hydrogens (tertiary/aromatic N) is 3. The zero-order valence-electron chi connectivity index (χ0n) is 28.2. The topological polar surface area (TPSA) is 57.0 Å². The molecule has 0 aliphatic rings. The fourth-order valence-corrected chi connectivity index (χ4v) is 8.47. The van der Waals surface area contributed by atoms with E-state index in [1.165, 1.54) is 0 Å². The molecular weight excluding hydrogens is 651 g/mol. The molecule has 0 aliphatic heterocycles. The molecule has 0 N–H and O–H groups in total. The van der Waals surface area contributed by atoms with Gasteiger partial charge in [-0.3, -0.25) is 4.57 Å². The Morgan fingerprint density at radius 3 is 1.98 bits per heavy atom. The van der Waals surface area contributed by atoms with Crippen LogP contribution in [0.4, 0.5) is 0 Å². The standard InChI is InChI=1S/C48H27N3O2/c1-2-13-28(14-3-1)30-16-12-17-31(27-30)42-47(50-48-43(49-42)36-22-9-11-24-39(36)52-48)51-38-23-10-8-21-35(38)40-33-19-6-7-20-34(33)41-37-26-25-29-15-4-5-18-32(29)45(37)53-46(41)44(40)51/h1-27H. The summed E-state index contributed by atoms with van der Waals surface area (Å²) in [5.74, 6) is 0.676. The Balaban J connectivity index is 1.29. The van der Waals surface area contributed by atoms with Crippen LogP contribution in [0.25, 0.3) is 116 Å². The van der Waals surface area contributed by atoms with E-state index in [2.05, 4.69) is 144 Å². The molecule has 0 fully saturated rings. The van der Waals surface area contributed by atoms with Crippen LogP contribution in [0.3, 0.4) is 0 Å². The average molecular weight is 678 g/mol. The van der Waals surface area contributed by atoms with Gasteiger partial charge in [-0.15, -0.1) is 0 Å². The molecule has 0 radical (unpaired) electrons. The van der Waals surface area contributed by atoms with Gasteiger partial charge in [0.25, 0.3) is 0 Å². The van der Waals surface area contributed by atoms with Gasteiger partial charge >= 0.3 is 0 Å². The largest absolute Gasteiger partial charge is 0.453 e. The van der Waals surface area contributed by atoms with E-state index in [0.717, 1.165) is 104 Å². The third kappa shape index (κ3) is 3.96. The fraction of sp³-hybridized carbons (Fsp3) is 0. The normalized spacial score (nSPS) is 12.2. The minimum Gasteiger partial charge on any atom is -0.453 e. The first kappa shape index (κ1) is 28.5. The maximum atomic E-state index is 7.14. The van der Waals surface area contributed by atoms with Crippen LogP contribution in [0.5, 0.6) is 0 Å². The highest BCUT2D eigenvalue weighted by molar-refractivity contribution is 6.36. The zero-order valence-corrected chi connectivity index (χ0v) is 28.2. The SMILES string of the molecule is c1ccc(-c2cccc(-c3nc4c(nc3-n3c5ccccc5c5c6ccccc6c6c7ccc8ccccc8c7oc6c53)oc3ccccc34)c2)cc1. The van der Waals surface area contributed by atoms with Crippen LogP contribution < -0.4 is 0 Å². The third-order valence-electron chi connectivity index (χ3n) is 10.8. The number of aromatic nitrogens is 3. The number of para-hydroxylation sites is 2. The molecular formula is C48H27N3O2. The summed E-state index contributed by atoms with van der Waals surface area (Å²) in [7, 11) is 0. The molecule has 0 amide bonds. The van der Waals surface area contributed by atoms with Gasteiger partial charge in [-0.05, 0) is 57.6 Å². The highest BCUT2D eigenvalue weighted by atomic mass is 16.3. The predicted molar refractivity (Wildman–Crippen MR) is 217 cm³/mol. The molecule has 5 nitrogen and oxygen atoms in total. The Bertz CT molecular complexity index is 3460. The van der Waals surface area contributed by atoms with Gasteiger partial charge in [-0.2, -0.15) is 4.98 Å². The summed E-state index contributed by atoms with van der Waals surface area (Å²) >= 11 is 0. The summed E-state index contributed by atoms with van der Waals surface area (Å²) in [5, 5.41) is 9.87. The third-order valence-corrected chi connectivity index (χ3v) is 10.8. The number of benzene rings is 8. The lowest BCUT2D eigenvalue weighted by Gasteiger charge is -2.14. The van der Waals surface area contributed by atoms with Gasteiger partial charge in [0.15, 0.2) is 11.4 Å². The van der Waals surface area contributed by atoms with Crippen LogP contribution >= 0.6 is 0 Å². The van der Waals surface area contributed by atoms with Crippen LogP contribution in [0.15, 0.2) is 173 Å². The van der Waals surface area contributed by atoms with E-state index in [4.69, 9.17) is 18.8 Å². The lowest BCUT2D eigenvalue weighted by Crippen LogP contribution is -2.03. The average Bonchev–Trinajstić information content (AvgIpc) is 3.91. The number of rotatable bonds is 3. The summed E-state index contributed by atoms with van der Waals surface area (Å²) in [6.45, 7) is 0. The summed E-state index contributed by atoms with van der Waals surface area (Å²) < 4.78 is 15.8. The van der Waals surface area contributed by atoms with Crippen molar-refractivity contribution < 1.29 is 8.83 Å². The molecule has 0 bridgehead atoms. The Morgan fingerprint density at radius 2 is 1.11 bits per heavy atom. The Kier molecular flexibility index (Phi) is 5.71. The molecule has 4 heterocycles. The second kappa shape index (κ2) is 10.6. The molecule has 0 aliphatic carbocycles. The smallest absolute Gasteiger partial charge is 0.248 e. The van der Waals surface area contributed by atoms with E-state index in [1.54, 1.807) is 0 Å². The molecule has 0 spiro atoms. The zero-order chi connectivity index (χ0) is 34.6. The van der Waals surface area contributed by atoms with E-state index < -0.39 is 0 Å². The summed E-state index contributed by atoms with van der Waals surface area (Å²) in [4.78, 5) is 10.9. The van der Waals surface area contributed by atoms with Crippen molar-refractivity contribution in [2.24, 2.45) is 0 Å². The molecule has 12 aromatic rings. The quantitative estimate of drug-likeness (QED) is 0.187. The molecule has 0 saturated heterocycles. The monoisotopic (exact) mass is 677 g/mol. The summed E-state index contributed by atoms with van der Waals surface area (Å²) in [5.41, 5.74) is 9.58.